The van der Waals surface area contributed by atoms with Crippen LogP contribution in [0.5, 0.6) is 0 Å². The molecule has 13 aromatic rings. The molecule has 342 valence electrons. The van der Waals surface area contributed by atoms with Crippen LogP contribution in [0, 0.1) is 0 Å². The summed E-state index contributed by atoms with van der Waals surface area (Å²) in [7, 11) is -4.01. The van der Waals surface area contributed by atoms with E-state index in [1.54, 1.807) is 0 Å². The van der Waals surface area contributed by atoms with Crippen molar-refractivity contribution in [3.8, 4) is 22.3 Å². The van der Waals surface area contributed by atoms with Crippen LogP contribution in [-0.4, -0.2) is 16.1 Å². The van der Waals surface area contributed by atoms with E-state index in [4.69, 9.17) is 0 Å². The van der Waals surface area contributed by atoms with E-state index in [2.05, 4.69) is 254 Å². The van der Waals surface area contributed by atoms with Crippen molar-refractivity contribution in [1.82, 2.24) is 0 Å². The lowest BCUT2D eigenvalue weighted by Gasteiger charge is -2.41. The zero-order valence-corrected chi connectivity index (χ0v) is 44.1. The largest absolute Gasteiger partial charge is 0.311 e. The van der Waals surface area contributed by atoms with Crippen molar-refractivity contribution < 1.29 is 0 Å². The van der Waals surface area contributed by atoms with Gasteiger partial charge in [-0.05, 0) is 149 Å². The van der Waals surface area contributed by atoms with Crippen LogP contribution in [0.15, 0.2) is 218 Å². The average molecular weight is 989 g/mol. The van der Waals surface area contributed by atoms with Gasteiger partial charge in [0, 0.05) is 74.5 Å². The Hall–Kier alpha value is -7.59. The van der Waals surface area contributed by atoms with E-state index in [0.29, 0.717) is 0 Å². The van der Waals surface area contributed by atoms with E-state index in [1.807, 2.05) is 22.7 Å². The smallest absolute Gasteiger partial charge is 0.117 e. The molecule has 2 aromatic heterocycles. The van der Waals surface area contributed by atoms with Gasteiger partial charge in [0.1, 0.15) is 16.1 Å². The standard InChI is InChI=1S/C66H48N2S2Si2/c1-71(2)61-25-13-7-19-53(61)67(54-20-8-14-26-62(54)71)43-31-33-47-51(39-43)65(41-29-35-59-49(37-41)45-17-5-11-23-57(45)69-59)48-34-32-44(68-55-21-9-15-27-63(55)72(3,4)64-28-16-10-22-56(64)68)40-52(48)66(47)42-30-36-60-50(38-42)46-18-6-12-24-58(46)70-60/h5-40H,1-4H3. The van der Waals surface area contributed by atoms with Crippen molar-refractivity contribution in [2.75, 3.05) is 9.80 Å². The molecule has 0 spiro atoms. The van der Waals surface area contributed by atoms with E-state index < -0.39 is 16.1 Å². The summed E-state index contributed by atoms with van der Waals surface area (Å²) in [5.74, 6) is 0. The molecule has 0 radical (unpaired) electrons. The van der Waals surface area contributed by atoms with Gasteiger partial charge < -0.3 is 9.80 Å². The van der Waals surface area contributed by atoms with E-state index in [9.17, 15) is 0 Å². The second-order valence-corrected chi connectivity index (χ2v) is 31.6. The van der Waals surface area contributed by atoms with Crippen LogP contribution in [0.3, 0.4) is 0 Å². The predicted molar refractivity (Wildman–Crippen MR) is 321 cm³/mol. The Bertz CT molecular complexity index is 4060. The van der Waals surface area contributed by atoms with Gasteiger partial charge in [-0.15, -0.1) is 22.7 Å². The third-order valence-corrected chi connectivity index (χ3v) is 25.6. The average Bonchev–Trinajstić information content (AvgIpc) is 3.98. The van der Waals surface area contributed by atoms with Gasteiger partial charge in [0.15, 0.2) is 0 Å². The normalized spacial score (nSPS) is 14.6. The first-order chi connectivity index (χ1) is 35.2. The van der Waals surface area contributed by atoms with E-state index >= 15 is 0 Å². The summed E-state index contributed by atoms with van der Waals surface area (Å²) in [4.78, 5) is 5.10. The number of para-hydroxylation sites is 4. The Morgan fingerprint density at radius 1 is 0.278 bits per heavy atom. The molecule has 4 heterocycles. The zero-order chi connectivity index (χ0) is 48.0. The van der Waals surface area contributed by atoms with Crippen molar-refractivity contribution in [3.05, 3.63) is 218 Å². The minimum Gasteiger partial charge on any atom is -0.311 e. The molecule has 0 unspecified atom stereocenters. The lowest BCUT2D eigenvalue weighted by Crippen LogP contribution is -2.58. The molecule has 15 rings (SSSR count). The molecule has 0 N–H and O–H groups in total. The zero-order valence-electron chi connectivity index (χ0n) is 40.5. The maximum atomic E-state index is 2.55. The highest BCUT2D eigenvalue weighted by atomic mass is 32.1. The maximum Gasteiger partial charge on any atom is 0.117 e. The van der Waals surface area contributed by atoms with Crippen LogP contribution in [-0.2, 0) is 0 Å². The van der Waals surface area contributed by atoms with Gasteiger partial charge in [0.05, 0.1) is 0 Å². The fourth-order valence-corrected chi connectivity index (χ4v) is 20.9. The van der Waals surface area contributed by atoms with Crippen molar-refractivity contribution >= 4 is 156 Å². The monoisotopic (exact) mass is 988 g/mol. The van der Waals surface area contributed by atoms with Crippen molar-refractivity contribution in [2.45, 2.75) is 26.2 Å². The van der Waals surface area contributed by atoms with Crippen LogP contribution >= 0.6 is 22.7 Å². The topological polar surface area (TPSA) is 6.48 Å². The first-order valence-electron chi connectivity index (χ1n) is 25.1. The van der Waals surface area contributed by atoms with Crippen LogP contribution in [0.4, 0.5) is 34.1 Å². The summed E-state index contributed by atoms with van der Waals surface area (Å²) in [6, 6.07) is 83.7. The summed E-state index contributed by atoms with van der Waals surface area (Å²) in [5.41, 5.74) is 12.5. The Balaban J connectivity index is 1.08. The number of fused-ring (bicyclic) bond motifs is 12. The highest BCUT2D eigenvalue weighted by Crippen LogP contribution is 2.51. The number of thiophene rings is 2. The Kier molecular flexibility index (Phi) is 9.04. The summed E-state index contributed by atoms with van der Waals surface area (Å²) < 4.78 is 5.26. The van der Waals surface area contributed by atoms with E-state index in [1.165, 1.54) is 139 Å². The van der Waals surface area contributed by atoms with Crippen molar-refractivity contribution in [1.29, 1.82) is 0 Å². The number of rotatable bonds is 4. The predicted octanol–water partition coefficient (Wildman–Crippen LogP) is 17.3. The van der Waals surface area contributed by atoms with Gasteiger partial charge in [-0.1, -0.05) is 160 Å². The van der Waals surface area contributed by atoms with E-state index in [-0.39, 0.29) is 0 Å². The lowest BCUT2D eigenvalue weighted by molar-refractivity contribution is 1.29. The van der Waals surface area contributed by atoms with Gasteiger partial charge in [0.25, 0.3) is 0 Å². The molecule has 72 heavy (non-hydrogen) atoms. The number of anilines is 6. The summed E-state index contributed by atoms with van der Waals surface area (Å²) in [6.07, 6.45) is 0. The molecule has 0 saturated heterocycles. The molecular formula is C66H48N2S2Si2. The Labute approximate surface area is 429 Å². The van der Waals surface area contributed by atoms with Gasteiger partial charge in [0.2, 0.25) is 0 Å². The molecule has 2 aliphatic rings. The highest BCUT2D eigenvalue weighted by molar-refractivity contribution is 7.26. The third kappa shape index (κ3) is 5.98. The highest BCUT2D eigenvalue weighted by Gasteiger charge is 2.40. The number of nitrogens with zero attached hydrogens (tertiary/aromatic N) is 2. The SMILES string of the molecule is C[Si]1(C)c2ccccc2N(c2ccc3c(-c4ccc5sc6ccccc6c5c4)c4cc(N5c6ccccc6[Si](C)(C)c6ccccc65)ccc4c(-c4ccc5sc6ccccc6c5c4)c3c2)c2ccccc21. The molecule has 2 aliphatic heterocycles. The minimum absolute atomic E-state index is 1.17. The number of hydrogen-bond acceptors (Lipinski definition) is 4. The summed E-state index contributed by atoms with van der Waals surface area (Å²) >= 11 is 3.77. The molecule has 0 atom stereocenters. The molecule has 0 bridgehead atoms. The number of benzene rings is 11. The van der Waals surface area contributed by atoms with Crippen LogP contribution in [0.25, 0.3) is 84.1 Å². The van der Waals surface area contributed by atoms with Crippen LogP contribution < -0.4 is 30.5 Å². The molecular weight excluding hydrogens is 941 g/mol. The minimum atomic E-state index is -2.01. The first-order valence-corrected chi connectivity index (χ1v) is 32.7. The number of hydrogen-bond donors (Lipinski definition) is 0. The Morgan fingerprint density at radius 2 is 0.611 bits per heavy atom. The van der Waals surface area contributed by atoms with Crippen molar-refractivity contribution in [3.63, 3.8) is 0 Å². The molecule has 0 aliphatic carbocycles. The summed E-state index contributed by atoms with van der Waals surface area (Å²) in [5, 5.41) is 16.1. The fourth-order valence-electron chi connectivity index (χ4n) is 12.8. The summed E-state index contributed by atoms with van der Waals surface area (Å²) in [6.45, 7) is 10.0. The molecule has 0 saturated carbocycles. The molecule has 6 heteroatoms. The molecule has 11 aromatic carbocycles. The third-order valence-electron chi connectivity index (χ3n) is 16.2. The van der Waals surface area contributed by atoms with Crippen molar-refractivity contribution in [2.24, 2.45) is 0 Å². The van der Waals surface area contributed by atoms with E-state index in [0.717, 1.165) is 0 Å². The maximum absolute atomic E-state index is 2.55. The second-order valence-electron chi connectivity index (χ2n) is 20.8. The molecule has 2 nitrogen and oxygen atoms in total. The van der Waals surface area contributed by atoms with Gasteiger partial charge in [-0.2, -0.15) is 0 Å². The first kappa shape index (κ1) is 42.1. The van der Waals surface area contributed by atoms with Gasteiger partial charge >= 0.3 is 0 Å². The van der Waals surface area contributed by atoms with Crippen LogP contribution in [0.2, 0.25) is 26.2 Å². The quantitative estimate of drug-likeness (QED) is 0.128. The van der Waals surface area contributed by atoms with Gasteiger partial charge in [-0.3, -0.25) is 0 Å². The molecule has 0 fully saturated rings. The lowest BCUT2D eigenvalue weighted by atomic mass is 9.84. The van der Waals surface area contributed by atoms with Gasteiger partial charge in [-0.25, -0.2) is 0 Å². The molecule has 0 amide bonds. The van der Waals surface area contributed by atoms with Crippen LogP contribution in [0.1, 0.15) is 0 Å². The Morgan fingerprint density at radius 3 is 1.00 bits per heavy atom. The fraction of sp³-hybridized carbons (Fsp3) is 0.0606. The second kappa shape index (κ2) is 15.5.